The van der Waals surface area contributed by atoms with Crippen LogP contribution in [0, 0.1) is 63.7 Å². The molecule has 4 heteroatoms. The molecule has 0 aromatic heterocycles. The number of rotatable bonds is 5. The maximum Gasteiger partial charge on any atom is 0.219 e. The summed E-state index contributed by atoms with van der Waals surface area (Å²) < 4.78 is 6.09. The van der Waals surface area contributed by atoms with Crippen molar-refractivity contribution in [3.8, 4) is 0 Å². The summed E-state index contributed by atoms with van der Waals surface area (Å²) >= 11 is 0. The average Bonchev–Trinajstić information content (AvgIpc) is 3.29. The van der Waals surface area contributed by atoms with Crippen LogP contribution < -0.4 is 5.19 Å². The fourth-order valence-electron chi connectivity index (χ4n) is 2.30. The molecule has 0 heterocycles. The molecule has 2 saturated carbocycles. The quantitative estimate of drug-likeness (QED) is 0.582. The van der Waals surface area contributed by atoms with E-state index >= 15 is 0 Å². The minimum absolute atomic E-state index is 0. The van der Waals surface area contributed by atoms with Gasteiger partial charge in [-0.15, -0.1) is 0 Å². The number of hydrogen-bond donors (Lipinski definition) is 0. The standard InChI is InChI=1S/C15H17O2Si.C5H5.Fe/c1-18(2,14-10-4-3-5-11-14)17-15(12-16)13-8-6-7-9-13;1-2-4-5-3-1;/h3-12,15H,1-2H3;1-5H;. The molecule has 24 heavy (non-hydrogen) atoms. The zero-order valence-electron chi connectivity index (χ0n) is 13.9. The zero-order valence-corrected chi connectivity index (χ0v) is 16.0. The monoisotopic (exact) mass is 378 g/mol. The van der Waals surface area contributed by atoms with Crippen LogP contribution in [0.3, 0.4) is 0 Å². The largest absolute Gasteiger partial charge is 0.403 e. The summed E-state index contributed by atoms with van der Waals surface area (Å²) in [6.07, 6.45) is 18.1. The van der Waals surface area contributed by atoms with Gasteiger partial charge in [0.25, 0.3) is 0 Å². The first kappa shape index (κ1) is 21.6. The average molecular weight is 378 g/mol. The van der Waals surface area contributed by atoms with Gasteiger partial charge >= 0.3 is 0 Å². The topological polar surface area (TPSA) is 26.3 Å². The maximum atomic E-state index is 11.2. The summed E-state index contributed by atoms with van der Waals surface area (Å²) in [5.74, 6) is 0.932. The Kier molecular flexibility index (Phi) is 10.1. The van der Waals surface area contributed by atoms with Crippen LogP contribution in [0.2, 0.25) is 13.1 Å². The summed E-state index contributed by atoms with van der Waals surface area (Å²) in [7, 11) is -2.05. The van der Waals surface area contributed by atoms with Crippen LogP contribution in [-0.2, 0) is 26.3 Å². The van der Waals surface area contributed by atoms with Crippen molar-refractivity contribution in [1.29, 1.82) is 0 Å². The van der Waals surface area contributed by atoms with Gasteiger partial charge in [0, 0.05) is 23.0 Å². The smallest absolute Gasteiger partial charge is 0.219 e. The molecule has 0 N–H and O–H groups in total. The van der Waals surface area contributed by atoms with Crippen molar-refractivity contribution in [2.75, 3.05) is 0 Å². The van der Waals surface area contributed by atoms with E-state index < -0.39 is 14.4 Å². The van der Waals surface area contributed by atoms with Crippen molar-refractivity contribution in [1.82, 2.24) is 0 Å². The molecule has 2 aliphatic carbocycles. The first-order valence-electron chi connectivity index (χ1n) is 7.70. The molecule has 1 atom stereocenters. The molecule has 0 spiro atoms. The van der Waals surface area contributed by atoms with Gasteiger partial charge in [0.15, 0.2) is 0 Å². The minimum Gasteiger partial charge on any atom is -0.403 e. The van der Waals surface area contributed by atoms with Crippen LogP contribution in [0.4, 0.5) is 0 Å². The third-order valence-corrected chi connectivity index (χ3v) is 6.15. The molecule has 0 amide bonds. The van der Waals surface area contributed by atoms with Crippen molar-refractivity contribution >= 4 is 19.8 Å². The Morgan fingerprint density at radius 3 is 1.83 bits per heavy atom. The summed E-state index contributed by atoms with van der Waals surface area (Å²) in [6, 6.07) is 10.1. The molecule has 126 valence electrons. The Hall–Kier alpha value is -0.414. The third kappa shape index (κ3) is 6.83. The second-order valence-corrected chi connectivity index (χ2v) is 9.57. The molecule has 0 aliphatic heterocycles. The van der Waals surface area contributed by atoms with Gasteiger partial charge in [0.2, 0.25) is 8.32 Å². The first-order chi connectivity index (χ1) is 11.1. The number of carbonyl (C=O) groups excluding carboxylic acids is 1. The number of carbonyl (C=O) groups is 1. The van der Waals surface area contributed by atoms with E-state index in [0.717, 1.165) is 12.2 Å². The van der Waals surface area contributed by atoms with E-state index in [-0.39, 0.29) is 17.1 Å². The summed E-state index contributed by atoms with van der Waals surface area (Å²) in [5, 5.41) is 1.20. The predicted octanol–water partition coefficient (Wildman–Crippen LogP) is 3.11. The van der Waals surface area contributed by atoms with Crippen LogP contribution in [0.15, 0.2) is 30.3 Å². The number of aldehydes is 1. The van der Waals surface area contributed by atoms with E-state index in [1.807, 2.05) is 76.0 Å². The van der Waals surface area contributed by atoms with E-state index in [1.54, 1.807) is 0 Å². The Labute approximate surface area is 159 Å². The fourth-order valence-corrected chi connectivity index (χ4v) is 4.26. The van der Waals surface area contributed by atoms with Crippen LogP contribution >= 0.6 is 0 Å². The van der Waals surface area contributed by atoms with Crippen LogP contribution in [0.5, 0.6) is 0 Å². The molecule has 2 nitrogen and oxygen atoms in total. The van der Waals surface area contributed by atoms with Crippen molar-refractivity contribution in [3.05, 3.63) is 94.0 Å². The summed E-state index contributed by atoms with van der Waals surface area (Å²) in [6.45, 7) is 4.23. The van der Waals surface area contributed by atoms with Gasteiger partial charge in [-0.3, -0.25) is 0 Å². The van der Waals surface area contributed by atoms with Gasteiger partial charge in [0.05, 0.1) is 0 Å². The van der Waals surface area contributed by atoms with E-state index in [2.05, 4.69) is 25.2 Å². The van der Waals surface area contributed by atoms with Crippen molar-refractivity contribution in [2.24, 2.45) is 0 Å². The van der Waals surface area contributed by atoms with Crippen LogP contribution in [0.25, 0.3) is 0 Å². The Bertz CT molecular complexity index is 446. The Balaban J connectivity index is 0.000000412. The number of hydrogen-bond acceptors (Lipinski definition) is 2. The second-order valence-electron chi connectivity index (χ2n) is 5.73. The van der Waals surface area contributed by atoms with E-state index in [0.29, 0.717) is 0 Å². The molecule has 0 bridgehead atoms. The van der Waals surface area contributed by atoms with Gasteiger partial charge in [-0.1, -0.05) is 30.3 Å². The molecule has 1 aromatic rings. The van der Waals surface area contributed by atoms with Crippen molar-refractivity contribution in [2.45, 2.75) is 19.2 Å². The van der Waals surface area contributed by atoms with Crippen LogP contribution in [-0.4, -0.2) is 20.7 Å². The molecular formula is C20H22FeO2Si. The molecule has 3 rings (SSSR count). The van der Waals surface area contributed by atoms with Gasteiger partial charge in [0.1, 0.15) is 12.4 Å². The predicted molar refractivity (Wildman–Crippen MR) is 96.4 cm³/mol. The van der Waals surface area contributed by atoms with Crippen molar-refractivity contribution < 1.29 is 26.3 Å². The van der Waals surface area contributed by atoms with Crippen LogP contribution in [0.1, 0.15) is 0 Å². The minimum atomic E-state index is -2.05. The molecule has 1 aromatic carbocycles. The third-order valence-electron chi connectivity index (χ3n) is 3.59. The summed E-state index contributed by atoms with van der Waals surface area (Å²) in [5.41, 5.74) is 0. The maximum absolute atomic E-state index is 11.2. The molecule has 10 radical (unpaired) electrons. The van der Waals surface area contributed by atoms with Crippen molar-refractivity contribution in [3.63, 3.8) is 0 Å². The van der Waals surface area contributed by atoms with E-state index in [1.165, 1.54) is 5.19 Å². The normalized spacial score (nSPS) is 19.1. The Morgan fingerprint density at radius 2 is 1.38 bits per heavy atom. The zero-order chi connectivity index (χ0) is 16.5. The molecule has 1 unspecified atom stereocenters. The van der Waals surface area contributed by atoms with Gasteiger partial charge in [-0.05, 0) is 76.1 Å². The Morgan fingerprint density at radius 1 is 0.875 bits per heavy atom. The van der Waals surface area contributed by atoms with Gasteiger partial charge in [-0.2, -0.15) is 0 Å². The fraction of sp³-hybridized carbons (Fsp3) is 0.150. The van der Waals surface area contributed by atoms with Gasteiger partial charge in [-0.25, -0.2) is 0 Å². The first-order valence-corrected chi connectivity index (χ1v) is 10.6. The molecule has 2 aliphatic rings. The van der Waals surface area contributed by atoms with Gasteiger partial charge < -0.3 is 9.22 Å². The molecule has 2 fully saturated rings. The second kappa shape index (κ2) is 11.2. The van der Waals surface area contributed by atoms with E-state index in [4.69, 9.17) is 4.43 Å². The number of benzene rings is 1. The molecular weight excluding hydrogens is 356 g/mol. The molecule has 0 saturated heterocycles. The SMILES string of the molecule is C[Si](C)(OC(C=O)[C]1[CH][CH][CH][CH]1)c1ccccc1.[CH]1[CH][CH][CH][CH]1.[Fe]. The van der Waals surface area contributed by atoms with E-state index in [9.17, 15) is 4.79 Å². The summed E-state index contributed by atoms with van der Waals surface area (Å²) in [4.78, 5) is 11.2.